The van der Waals surface area contributed by atoms with Crippen molar-refractivity contribution in [3.63, 3.8) is 0 Å². The summed E-state index contributed by atoms with van der Waals surface area (Å²) in [6.07, 6.45) is 2.59. The average molecular weight is 263 g/mol. The summed E-state index contributed by atoms with van der Waals surface area (Å²) in [5.74, 6) is -0.573. The number of amides is 2. The molecule has 0 radical (unpaired) electrons. The summed E-state index contributed by atoms with van der Waals surface area (Å²) in [4.78, 5) is 23.0. The smallest absolute Gasteiger partial charge is 0.255 e. The Morgan fingerprint density at radius 3 is 2.53 bits per heavy atom. The van der Waals surface area contributed by atoms with Gasteiger partial charge in [-0.2, -0.15) is 0 Å². The molecule has 0 heterocycles. The van der Waals surface area contributed by atoms with Crippen LogP contribution in [0.4, 0.5) is 0 Å². The van der Waals surface area contributed by atoms with Crippen LogP contribution in [0.1, 0.15) is 31.7 Å². The van der Waals surface area contributed by atoms with Crippen LogP contribution in [-0.4, -0.2) is 17.9 Å². The molecule has 0 aromatic heterocycles. The molecule has 0 fully saturated rings. The number of hydrazine groups is 1. The number of unbranched alkanes of at least 4 members (excludes halogenated alkanes) is 1. The van der Waals surface area contributed by atoms with E-state index in [-0.39, 0.29) is 11.8 Å². The molecule has 19 heavy (non-hydrogen) atoms. The van der Waals surface area contributed by atoms with Crippen LogP contribution < -0.4 is 16.6 Å². The molecule has 0 bridgehead atoms. The topological polar surface area (TPSA) is 84.2 Å². The van der Waals surface area contributed by atoms with Crippen LogP contribution in [0.25, 0.3) is 0 Å². The van der Waals surface area contributed by atoms with Gasteiger partial charge in [0.05, 0.1) is 6.04 Å². The summed E-state index contributed by atoms with van der Waals surface area (Å²) < 4.78 is 0. The molecule has 4 N–H and O–H groups in total. The summed E-state index contributed by atoms with van der Waals surface area (Å²) in [5.41, 5.74) is 11.5. The molecule has 0 aliphatic heterocycles. The Morgan fingerprint density at radius 2 is 1.89 bits per heavy atom. The third-order valence-corrected chi connectivity index (χ3v) is 2.72. The number of carbonyl (C=O) groups excluding carboxylic acids is 2. The molecule has 1 atom stereocenters. The number of carbonyl (C=O) groups is 2. The lowest BCUT2D eigenvalue weighted by atomic mass is 10.1. The van der Waals surface area contributed by atoms with E-state index >= 15 is 0 Å². The number of nitrogens with one attached hydrogen (secondary N) is 2. The molecule has 0 saturated carbocycles. The van der Waals surface area contributed by atoms with E-state index in [1.807, 2.05) is 37.3 Å². The van der Waals surface area contributed by atoms with E-state index < -0.39 is 6.04 Å². The lowest BCUT2D eigenvalue weighted by Gasteiger charge is -2.13. The fourth-order valence-corrected chi connectivity index (χ4v) is 1.58. The molecule has 5 nitrogen and oxygen atoms in total. The fraction of sp³-hybridized carbons (Fsp3) is 0.429. The third-order valence-electron chi connectivity index (χ3n) is 2.72. The summed E-state index contributed by atoms with van der Waals surface area (Å²) >= 11 is 0. The van der Waals surface area contributed by atoms with Crippen molar-refractivity contribution in [3.8, 4) is 0 Å². The first-order chi connectivity index (χ1) is 9.13. The highest BCUT2D eigenvalue weighted by molar-refractivity contribution is 5.85. The third kappa shape index (κ3) is 6.01. The lowest BCUT2D eigenvalue weighted by molar-refractivity contribution is -0.129. The van der Waals surface area contributed by atoms with Gasteiger partial charge in [-0.15, -0.1) is 0 Å². The van der Waals surface area contributed by atoms with E-state index in [0.29, 0.717) is 12.8 Å². The zero-order chi connectivity index (χ0) is 14.1. The van der Waals surface area contributed by atoms with E-state index in [9.17, 15) is 9.59 Å². The highest BCUT2D eigenvalue weighted by Crippen LogP contribution is 2.01. The quantitative estimate of drug-likeness (QED) is 0.666. The fourth-order valence-electron chi connectivity index (χ4n) is 1.58. The highest BCUT2D eigenvalue weighted by atomic mass is 16.2. The molecule has 0 aliphatic rings. The van der Waals surface area contributed by atoms with Crippen molar-refractivity contribution in [2.24, 2.45) is 5.73 Å². The Labute approximate surface area is 113 Å². The van der Waals surface area contributed by atoms with Gasteiger partial charge < -0.3 is 5.73 Å². The molecule has 1 aromatic carbocycles. The predicted octanol–water partition coefficient (Wildman–Crippen LogP) is 0.894. The molecule has 1 rings (SSSR count). The Bertz CT molecular complexity index is 406. The van der Waals surface area contributed by atoms with Gasteiger partial charge in [-0.05, 0) is 18.4 Å². The van der Waals surface area contributed by atoms with E-state index in [4.69, 9.17) is 5.73 Å². The largest absolute Gasteiger partial charge is 0.320 e. The second-order valence-corrected chi connectivity index (χ2v) is 4.44. The van der Waals surface area contributed by atoms with E-state index in [0.717, 1.165) is 18.4 Å². The normalized spacial score (nSPS) is 11.7. The van der Waals surface area contributed by atoms with Crippen LogP contribution in [0.3, 0.4) is 0 Å². The van der Waals surface area contributed by atoms with E-state index in [1.165, 1.54) is 0 Å². The second-order valence-electron chi connectivity index (χ2n) is 4.44. The van der Waals surface area contributed by atoms with E-state index in [1.54, 1.807) is 0 Å². The number of nitrogens with two attached hydrogens (primary N) is 1. The predicted molar refractivity (Wildman–Crippen MR) is 73.9 cm³/mol. The van der Waals surface area contributed by atoms with Crippen molar-refractivity contribution in [1.82, 2.24) is 10.9 Å². The lowest BCUT2D eigenvalue weighted by Crippen LogP contribution is -2.50. The van der Waals surface area contributed by atoms with Crippen molar-refractivity contribution in [3.05, 3.63) is 35.9 Å². The van der Waals surface area contributed by atoms with E-state index in [2.05, 4.69) is 10.9 Å². The van der Waals surface area contributed by atoms with Crippen LogP contribution in [0.15, 0.2) is 30.3 Å². The maximum absolute atomic E-state index is 11.7. The maximum Gasteiger partial charge on any atom is 0.255 e. The van der Waals surface area contributed by atoms with Gasteiger partial charge in [0.25, 0.3) is 5.91 Å². The molecule has 104 valence electrons. The monoisotopic (exact) mass is 263 g/mol. The van der Waals surface area contributed by atoms with Gasteiger partial charge in [0.15, 0.2) is 0 Å². The summed E-state index contributed by atoms with van der Waals surface area (Å²) in [6.45, 7) is 2.00. The van der Waals surface area contributed by atoms with Gasteiger partial charge in [-0.1, -0.05) is 43.7 Å². The number of benzene rings is 1. The molecule has 5 heteroatoms. The van der Waals surface area contributed by atoms with Gasteiger partial charge in [-0.3, -0.25) is 20.4 Å². The van der Waals surface area contributed by atoms with Crippen LogP contribution >= 0.6 is 0 Å². The molecular formula is C14H21N3O2. The molecule has 0 saturated heterocycles. The first-order valence-electron chi connectivity index (χ1n) is 6.51. The highest BCUT2D eigenvalue weighted by Gasteiger charge is 2.14. The zero-order valence-corrected chi connectivity index (χ0v) is 11.2. The standard InChI is InChI=1S/C14H21N3O2/c1-2-3-9-13(18)16-17-14(19)12(15)10-11-7-5-4-6-8-11/h4-8,12H,2-3,9-10,15H2,1H3,(H,16,18)(H,17,19)/t12-/m1/s1. The van der Waals surface area contributed by atoms with Gasteiger partial charge in [0.2, 0.25) is 5.91 Å². The summed E-state index contributed by atoms with van der Waals surface area (Å²) in [7, 11) is 0. The minimum absolute atomic E-state index is 0.192. The zero-order valence-electron chi connectivity index (χ0n) is 11.2. The molecule has 1 aromatic rings. The number of rotatable bonds is 6. The summed E-state index contributed by atoms with van der Waals surface area (Å²) in [6, 6.07) is 8.84. The van der Waals surface area contributed by atoms with Crippen LogP contribution in [0, 0.1) is 0 Å². The maximum atomic E-state index is 11.7. The Morgan fingerprint density at radius 1 is 1.21 bits per heavy atom. The van der Waals surface area contributed by atoms with Crippen molar-refractivity contribution in [2.75, 3.05) is 0 Å². The van der Waals surface area contributed by atoms with Gasteiger partial charge in [-0.25, -0.2) is 0 Å². The van der Waals surface area contributed by atoms with Crippen molar-refractivity contribution < 1.29 is 9.59 Å². The van der Waals surface area contributed by atoms with Crippen molar-refractivity contribution in [2.45, 2.75) is 38.6 Å². The molecule has 0 aliphatic carbocycles. The Kier molecular flexibility index (Phi) is 6.60. The molecule has 0 unspecified atom stereocenters. The first-order valence-corrected chi connectivity index (χ1v) is 6.51. The minimum Gasteiger partial charge on any atom is -0.320 e. The second kappa shape index (κ2) is 8.26. The SMILES string of the molecule is CCCCC(=O)NNC(=O)[C@H](N)Cc1ccccc1. The van der Waals surface area contributed by atoms with Gasteiger partial charge in [0.1, 0.15) is 0 Å². The first kappa shape index (κ1) is 15.2. The Balaban J connectivity index is 2.31. The average Bonchev–Trinajstić information content (AvgIpc) is 2.43. The number of hydrogen-bond donors (Lipinski definition) is 3. The van der Waals surface area contributed by atoms with Crippen LogP contribution in [-0.2, 0) is 16.0 Å². The molecule has 2 amide bonds. The molecule has 0 spiro atoms. The van der Waals surface area contributed by atoms with Gasteiger partial charge >= 0.3 is 0 Å². The molecular weight excluding hydrogens is 242 g/mol. The number of hydrogen-bond acceptors (Lipinski definition) is 3. The van der Waals surface area contributed by atoms with Crippen molar-refractivity contribution in [1.29, 1.82) is 0 Å². The Hall–Kier alpha value is -1.88. The summed E-state index contributed by atoms with van der Waals surface area (Å²) in [5, 5.41) is 0. The van der Waals surface area contributed by atoms with Crippen LogP contribution in [0.2, 0.25) is 0 Å². The van der Waals surface area contributed by atoms with Crippen LogP contribution in [0.5, 0.6) is 0 Å². The van der Waals surface area contributed by atoms with Gasteiger partial charge in [0, 0.05) is 6.42 Å². The minimum atomic E-state index is -0.672. The van der Waals surface area contributed by atoms with Crippen molar-refractivity contribution >= 4 is 11.8 Å².